The quantitative estimate of drug-likeness (QED) is 0.805. The first kappa shape index (κ1) is 10.0. The Morgan fingerprint density at radius 1 is 1.38 bits per heavy atom. The van der Waals surface area contributed by atoms with Gasteiger partial charge in [0, 0.05) is 17.4 Å². The molecule has 1 atom stereocenters. The summed E-state index contributed by atoms with van der Waals surface area (Å²) >= 11 is 5.71. The molecule has 0 aliphatic rings. The number of aliphatic hydroxyl groups excluding tert-OH is 1. The molecule has 3 heteroatoms. The third-order valence-electron chi connectivity index (χ3n) is 1.90. The Bertz CT molecular complexity index is 302. The van der Waals surface area contributed by atoms with Crippen molar-refractivity contribution in [2.24, 2.45) is 0 Å². The predicted octanol–water partition coefficient (Wildman–Crippen LogP) is 2.33. The Hall–Kier alpha value is -1.04. The van der Waals surface area contributed by atoms with Crippen molar-refractivity contribution < 1.29 is 5.11 Å². The Balaban J connectivity index is 2.80. The summed E-state index contributed by atoms with van der Waals surface area (Å²) in [5.74, 6) is -0.0951. The van der Waals surface area contributed by atoms with Crippen LogP contribution in [0.1, 0.15) is 17.9 Å². The molecule has 0 spiro atoms. The van der Waals surface area contributed by atoms with Crippen molar-refractivity contribution in [2.45, 2.75) is 12.3 Å². The van der Waals surface area contributed by atoms with E-state index in [0.717, 1.165) is 5.56 Å². The number of hydrogen-bond acceptors (Lipinski definition) is 2. The van der Waals surface area contributed by atoms with Crippen LogP contribution >= 0.6 is 11.6 Å². The summed E-state index contributed by atoms with van der Waals surface area (Å²) in [7, 11) is 0. The number of aliphatic hydroxyl groups is 1. The molecule has 0 radical (unpaired) electrons. The van der Waals surface area contributed by atoms with Gasteiger partial charge < -0.3 is 5.11 Å². The monoisotopic (exact) mass is 195 g/mol. The van der Waals surface area contributed by atoms with E-state index < -0.39 is 0 Å². The fourth-order valence-electron chi connectivity index (χ4n) is 1.13. The topological polar surface area (TPSA) is 44.0 Å². The van der Waals surface area contributed by atoms with Gasteiger partial charge in [-0.05, 0) is 17.7 Å². The Labute approximate surface area is 82.4 Å². The van der Waals surface area contributed by atoms with E-state index in [1.54, 1.807) is 12.1 Å². The summed E-state index contributed by atoms with van der Waals surface area (Å²) < 4.78 is 0. The minimum atomic E-state index is -0.0951. The average molecular weight is 196 g/mol. The van der Waals surface area contributed by atoms with Gasteiger partial charge in [-0.3, -0.25) is 0 Å². The molecule has 13 heavy (non-hydrogen) atoms. The number of rotatable bonds is 3. The number of nitrogens with zero attached hydrogens (tertiary/aromatic N) is 1. The molecule has 0 aromatic heterocycles. The molecule has 0 heterocycles. The van der Waals surface area contributed by atoms with Crippen molar-refractivity contribution in [2.75, 3.05) is 6.61 Å². The number of nitriles is 1. The van der Waals surface area contributed by atoms with Gasteiger partial charge in [-0.15, -0.1) is 0 Å². The SMILES string of the molecule is N#CCC(CO)c1ccc(Cl)cc1. The normalized spacial score (nSPS) is 12.1. The van der Waals surface area contributed by atoms with E-state index >= 15 is 0 Å². The molecule has 2 nitrogen and oxygen atoms in total. The lowest BCUT2D eigenvalue weighted by Gasteiger charge is -2.09. The maximum Gasteiger partial charge on any atom is 0.0629 e. The standard InChI is InChI=1S/C10H10ClNO/c11-10-3-1-8(2-4-10)9(7-13)5-6-12/h1-4,9,13H,5,7H2. The lowest BCUT2D eigenvalue weighted by Crippen LogP contribution is -2.02. The van der Waals surface area contributed by atoms with E-state index in [-0.39, 0.29) is 12.5 Å². The van der Waals surface area contributed by atoms with Gasteiger partial charge in [0.2, 0.25) is 0 Å². The Morgan fingerprint density at radius 2 is 2.00 bits per heavy atom. The van der Waals surface area contributed by atoms with Crippen molar-refractivity contribution in [3.05, 3.63) is 34.9 Å². The van der Waals surface area contributed by atoms with Gasteiger partial charge in [-0.2, -0.15) is 5.26 Å². The number of hydrogen-bond donors (Lipinski definition) is 1. The predicted molar refractivity (Wildman–Crippen MR) is 51.5 cm³/mol. The minimum Gasteiger partial charge on any atom is -0.396 e. The molecule has 0 amide bonds. The Morgan fingerprint density at radius 3 is 2.46 bits per heavy atom. The second kappa shape index (κ2) is 4.86. The first-order valence-electron chi connectivity index (χ1n) is 4.01. The highest BCUT2D eigenvalue weighted by atomic mass is 35.5. The average Bonchev–Trinajstić information content (AvgIpc) is 2.16. The maximum atomic E-state index is 9.00. The van der Waals surface area contributed by atoms with Gasteiger partial charge in [-0.25, -0.2) is 0 Å². The van der Waals surface area contributed by atoms with E-state index in [1.807, 2.05) is 18.2 Å². The Kier molecular flexibility index (Phi) is 3.75. The van der Waals surface area contributed by atoms with Gasteiger partial charge >= 0.3 is 0 Å². The van der Waals surface area contributed by atoms with Crippen molar-refractivity contribution in [3.63, 3.8) is 0 Å². The zero-order chi connectivity index (χ0) is 9.68. The van der Waals surface area contributed by atoms with Crippen LogP contribution in [-0.4, -0.2) is 11.7 Å². The van der Waals surface area contributed by atoms with Crippen LogP contribution in [0.3, 0.4) is 0 Å². The van der Waals surface area contributed by atoms with Crippen LogP contribution in [0, 0.1) is 11.3 Å². The highest BCUT2D eigenvalue weighted by Crippen LogP contribution is 2.20. The molecule has 0 aliphatic carbocycles. The molecule has 68 valence electrons. The first-order chi connectivity index (χ1) is 6.27. The molecule has 1 unspecified atom stereocenters. The van der Waals surface area contributed by atoms with Crippen molar-refractivity contribution in [1.82, 2.24) is 0 Å². The molecular weight excluding hydrogens is 186 g/mol. The maximum absolute atomic E-state index is 9.00. The van der Waals surface area contributed by atoms with Gasteiger partial charge in [0.05, 0.1) is 12.7 Å². The van der Waals surface area contributed by atoms with Crippen LogP contribution in [0.25, 0.3) is 0 Å². The molecule has 0 aliphatic heterocycles. The van der Waals surface area contributed by atoms with Gasteiger partial charge in [0.15, 0.2) is 0 Å². The van der Waals surface area contributed by atoms with Crippen LogP contribution in [-0.2, 0) is 0 Å². The van der Waals surface area contributed by atoms with Crippen LogP contribution in [0.4, 0.5) is 0 Å². The summed E-state index contributed by atoms with van der Waals surface area (Å²) in [5.41, 5.74) is 0.952. The van der Waals surface area contributed by atoms with Crippen molar-refractivity contribution in [3.8, 4) is 6.07 Å². The van der Waals surface area contributed by atoms with Gasteiger partial charge in [-0.1, -0.05) is 23.7 Å². The summed E-state index contributed by atoms with van der Waals surface area (Å²) in [6.07, 6.45) is 0.331. The molecule has 0 bridgehead atoms. The summed E-state index contributed by atoms with van der Waals surface area (Å²) in [4.78, 5) is 0. The zero-order valence-electron chi connectivity index (χ0n) is 7.07. The van der Waals surface area contributed by atoms with Crippen LogP contribution in [0.5, 0.6) is 0 Å². The fourth-order valence-corrected chi connectivity index (χ4v) is 1.26. The summed E-state index contributed by atoms with van der Waals surface area (Å²) in [6, 6.07) is 9.23. The van der Waals surface area contributed by atoms with Crippen LogP contribution in [0.2, 0.25) is 5.02 Å². The molecular formula is C10H10ClNO. The second-order valence-corrected chi connectivity index (χ2v) is 3.23. The summed E-state index contributed by atoms with van der Waals surface area (Å²) in [6.45, 7) is -0.00477. The van der Waals surface area contributed by atoms with Gasteiger partial charge in [0.1, 0.15) is 0 Å². The zero-order valence-corrected chi connectivity index (χ0v) is 7.83. The molecule has 1 N–H and O–H groups in total. The van der Waals surface area contributed by atoms with Crippen molar-refractivity contribution >= 4 is 11.6 Å². The number of halogens is 1. The van der Waals surface area contributed by atoms with E-state index in [1.165, 1.54) is 0 Å². The molecule has 0 saturated carbocycles. The van der Waals surface area contributed by atoms with Crippen LogP contribution in [0.15, 0.2) is 24.3 Å². The summed E-state index contributed by atoms with van der Waals surface area (Å²) in [5, 5.41) is 18.2. The first-order valence-corrected chi connectivity index (χ1v) is 4.39. The van der Waals surface area contributed by atoms with E-state index in [2.05, 4.69) is 0 Å². The number of benzene rings is 1. The molecule has 1 aromatic rings. The fraction of sp³-hybridized carbons (Fsp3) is 0.300. The lowest BCUT2D eigenvalue weighted by molar-refractivity contribution is 0.266. The lowest BCUT2D eigenvalue weighted by atomic mass is 9.97. The molecule has 0 fully saturated rings. The molecule has 1 aromatic carbocycles. The highest BCUT2D eigenvalue weighted by Gasteiger charge is 2.08. The van der Waals surface area contributed by atoms with Gasteiger partial charge in [0.25, 0.3) is 0 Å². The van der Waals surface area contributed by atoms with E-state index in [4.69, 9.17) is 22.0 Å². The highest BCUT2D eigenvalue weighted by molar-refractivity contribution is 6.30. The molecule has 1 rings (SSSR count). The van der Waals surface area contributed by atoms with E-state index in [0.29, 0.717) is 11.4 Å². The minimum absolute atomic E-state index is 0.00477. The molecule has 0 saturated heterocycles. The smallest absolute Gasteiger partial charge is 0.0629 e. The second-order valence-electron chi connectivity index (χ2n) is 2.79. The third kappa shape index (κ3) is 2.73. The third-order valence-corrected chi connectivity index (χ3v) is 2.15. The van der Waals surface area contributed by atoms with E-state index in [9.17, 15) is 0 Å². The van der Waals surface area contributed by atoms with Crippen molar-refractivity contribution in [1.29, 1.82) is 5.26 Å². The largest absolute Gasteiger partial charge is 0.396 e. The van der Waals surface area contributed by atoms with Crippen LogP contribution < -0.4 is 0 Å².